The highest BCUT2D eigenvalue weighted by molar-refractivity contribution is 7.71. The Morgan fingerprint density at radius 2 is 1.80 bits per heavy atom. The number of nitrogens with one attached hydrogen (secondary N) is 1. The van der Waals surface area contributed by atoms with E-state index >= 15 is 0 Å². The third kappa shape index (κ3) is 2.55. The largest absolute Gasteiger partial charge is 0.328 e. The molecule has 0 radical (unpaired) electrons. The zero-order valence-electron chi connectivity index (χ0n) is 13.7. The summed E-state index contributed by atoms with van der Waals surface area (Å²) in [5.74, 6) is 0. The van der Waals surface area contributed by atoms with Crippen molar-refractivity contribution in [2.75, 3.05) is 0 Å². The third-order valence-corrected chi connectivity index (χ3v) is 3.90. The Bertz CT molecular complexity index is 679. The number of H-pyrrole nitrogens is 1. The molecular weight excluding hydrogens is 268 g/mol. The van der Waals surface area contributed by atoms with E-state index in [1.165, 1.54) is 0 Å². The van der Waals surface area contributed by atoms with Gasteiger partial charge in [-0.1, -0.05) is 20.8 Å². The van der Waals surface area contributed by atoms with Crippen molar-refractivity contribution in [3.63, 3.8) is 0 Å². The van der Waals surface area contributed by atoms with E-state index in [0.717, 1.165) is 34.6 Å². The smallest absolute Gasteiger partial charge is 0.179 e. The molecule has 0 aromatic carbocycles. The maximum absolute atomic E-state index is 5.58. The van der Waals surface area contributed by atoms with Crippen LogP contribution in [0.4, 0.5) is 0 Å². The summed E-state index contributed by atoms with van der Waals surface area (Å²) >= 11 is 5.58. The molecule has 4 nitrogen and oxygen atoms in total. The van der Waals surface area contributed by atoms with Crippen LogP contribution in [0.25, 0.3) is 11.2 Å². The molecule has 0 spiro atoms. The number of aryl methyl sites for hydroxylation is 2. The fourth-order valence-electron chi connectivity index (χ4n) is 3.36. The van der Waals surface area contributed by atoms with Gasteiger partial charge in [0.05, 0.1) is 5.69 Å². The Hall–Kier alpha value is -1.10. The number of nitrogens with zero attached hydrogens (tertiary/aromatic N) is 3. The van der Waals surface area contributed by atoms with Gasteiger partial charge in [-0.05, 0) is 51.7 Å². The Morgan fingerprint density at radius 1 is 1.20 bits per heavy atom. The molecule has 2 rings (SSSR count). The van der Waals surface area contributed by atoms with Crippen LogP contribution in [-0.2, 0) is 12.1 Å². The summed E-state index contributed by atoms with van der Waals surface area (Å²) in [5, 5.41) is 4.60. The van der Waals surface area contributed by atoms with E-state index in [2.05, 4.69) is 56.2 Å². The molecule has 20 heavy (non-hydrogen) atoms. The zero-order chi connectivity index (χ0) is 15.3. The molecule has 0 fully saturated rings. The van der Waals surface area contributed by atoms with E-state index < -0.39 is 0 Å². The predicted octanol–water partition coefficient (Wildman–Crippen LogP) is 4.40. The number of hydrogen-bond acceptors (Lipinski definition) is 2. The number of aromatic nitrogens is 4. The molecule has 1 N–H and O–H groups in total. The van der Waals surface area contributed by atoms with Crippen molar-refractivity contribution in [3.8, 4) is 0 Å². The second kappa shape index (κ2) is 4.72. The normalized spacial score (nSPS) is 13.3. The molecule has 0 amide bonds. The first-order valence-corrected chi connectivity index (χ1v) is 7.66. The fraction of sp³-hybridized carbons (Fsp3) is 0.733. The van der Waals surface area contributed by atoms with Gasteiger partial charge in [-0.25, -0.2) is 4.68 Å². The van der Waals surface area contributed by atoms with Gasteiger partial charge < -0.3 is 4.98 Å². The van der Waals surface area contributed by atoms with Crippen molar-refractivity contribution in [3.05, 3.63) is 10.5 Å². The lowest BCUT2D eigenvalue weighted by Gasteiger charge is -2.34. The number of fused-ring (bicyclic) bond motifs is 1. The van der Waals surface area contributed by atoms with Gasteiger partial charge in [0.25, 0.3) is 0 Å². The van der Waals surface area contributed by atoms with Crippen LogP contribution in [0.3, 0.4) is 0 Å². The van der Waals surface area contributed by atoms with Crippen molar-refractivity contribution >= 4 is 23.4 Å². The topological polar surface area (TPSA) is 38.5 Å². The molecule has 0 bridgehead atoms. The number of imidazole rings is 1. The highest BCUT2D eigenvalue weighted by Gasteiger charge is 2.31. The van der Waals surface area contributed by atoms with Crippen LogP contribution in [-0.4, -0.2) is 19.3 Å². The third-order valence-electron chi connectivity index (χ3n) is 3.62. The molecule has 2 heterocycles. The van der Waals surface area contributed by atoms with Gasteiger partial charge in [0.2, 0.25) is 0 Å². The maximum Gasteiger partial charge on any atom is 0.179 e. The Kier molecular flexibility index (Phi) is 3.61. The highest BCUT2D eigenvalue weighted by atomic mass is 32.1. The highest BCUT2D eigenvalue weighted by Crippen LogP contribution is 2.35. The lowest BCUT2D eigenvalue weighted by Crippen LogP contribution is -2.32. The van der Waals surface area contributed by atoms with Crippen LogP contribution in [0, 0.1) is 17.1 Å². The molecular formula is C15H26N4S. The first-order valence-electron chi connectivity index (χ1n) is 7.25. The van der Waals surface area contributed by atoms with Crippen LogP contribution in [0.2, 0.25) is 0 Å². The van der Waals surface area contributed by atoms with Crippen LogP contribution in [0.1, 0.15) is 53.7 Å². The zero-order valence-corrected chi connectivity index (χ0v) is 14.5. The number of aromatic amines is 1. The van der Waals surface area contributed by atoms with E-state index in [-0.39, 0.29) is 11.0 Å². The Labute approximate surface area is 126 Å². The molecule has 5 heteroatoms. The molecule has 2 aromatic rings. The van der Waals surface area contributed by atoms with E-state index in [1.54, 1.807) is 0 Å². The molecule has 112 valence electrons. The fourth-order valence-corrected chi connectivity index (χ4v) is 3.80. The van der Waals surface area contributed by atoms with E-state index in [9.17, 15) is 0 Å². The van der Waals surface area contributed by atoms with Crippen LogP contribution in [0.5, 0.6) is 0 Å². The number of rotatable bonds is 3. The van der Waals surface area contributed by atoms with Crippen molar-refractivity contribution < 1.29 is 0 Å². The summed E-state index contributed by atoms with van der Waals surface area (Å²) in [4.78, 5) is 3.34. The Balaban J connectivity index is 2.70. The van der Waals surface area contributed by atoms with Gasteiger partial charge >= 0.3 is 0 Å². The summed E-state index contributed by atoms with van der Waals surface area (Å²) in [6, 6.07) is 0. The number of hydrogen-bond donors (Lipinski definition) is 1. The van der Waals surface area contributed by atoms with Crippen LogP contribution < -0.4 is 0 Å². The lowest BCUT2D eigenvalue weighted by molar-refractivity contribution is 0.215. The maximum atomic E-state index is 5.58. The van der Waals surface area contributed by atoms with Gasteiger partial charge in [-0.3, -0.25) is 4.57 Å². The van der Waals surface area contributed by atoms with Gasteiger partial charge in [0.1, 0.15) is 5.52 Å². The minimum atomic E-state index is -0.0486. The molecule has 0 aliphatic heterocycles. The van der Waals surface area contributed by atoms with E-state index in [4.69, 9.17) is 12.2 Å². The standard InChI is InChI=1S/C15H26N4S/c1-8-18-12-11(10(2)17-18)16-13(20)19(12)15(6,7)9-14(3,4)5/h8-9H2,1-7H3,(H,16,20). The summed E-state index contributed by atoms with van der Waals surface area (Å²) in [7, 11) is 0. The van der Waals surface area contributed by atoms with Crippen LogP contribution in [0.15, 0.2) is 0 Å². The summed E-state index contributed by atoms with van der Waals surface area (Å²) < 4.78 is 5.07. The van der Waals surface area contributed by atoms with Gasteiger partial charge in [-0.15, -0.1) is 0 Å². The molecule has 0 aliphatic carbocycles. The molecule has 0 atom stereocenters. The summed E-state index contributed by atoms with van der Waals surface area (Å²) in [6.45, 7) is 16.3. The SMILES string of the molecule is CCn1nc(C)c2[nH]c(=S)n(C(C)(C)CC(C)(C)C)c21. The van der Waals surface area contributed by atoms with Crippen molar-refractivity contribution in [1.29, 1.82) is 0 Å². The first kappa shape index (κ1) is 15.3. The average Bonchev–Trinajstić information content (AvgIpc) is 2.72. The van der Waals surface area contributed by atoms with Crippen molar-refractivity contribution in [2.45, 2.75) is 67.0 Å². The minimum absolute atomic E-state index is 0.0486. The average molecular weight is 294 g/mol. The summed E-state index contributed by atoms with van der Waals surface area (Å²) in [5.41, 5.74) is 3.39. The molecule has 0 saturated carbocycles. The lowest BCUT2D eigenvalue weighted by atomic mass is 9.81. The van der Waals surface area contributed by atoms with Crippen molar-refractivity contribution in [1.82, 2.24) is 19.3 Å². The second-order valence-corrected chi connectivity index (χ2v) is 7.80. The minimum Gasteiger partial charge on any atom is -0.328 e. The van der Waals surface area contributed by atoms with Crippen LogP contribution >= 0.6 is 12.2 Å². The predicted molar refractivity (Wildman–Crippen MR) is 86.7 cm³/mol. The van der Waals surface area contributed by atoms with Gasteiger partial charge in [0.15, 0.2) is 10.4 Å². The monoisotopic (exact) mass is 294 g/mol. The summed E-state index contributed by atoms with van der Waals surface area (Å²) in [6.07, 6.45) is 1.05. The van der Waals surface area contributed by atoms with Gasteiger partial charge in [0, 0.05) is 12.1 Å². The molecule has 0 unspecified atom stereocenters. The molecule has 0 aliphatic rings. The van der Waals surface area contributed by atoms with Gasteiger partial charge in [-0.2, -0.15) is 5.10 Å². The first-order chi connectivity index (χ1) is 9.07. The Morgan fingerprint density at radius 3 is 2.30 bits per heavy atom. The molecule has 2 aromatic heterocycles. The quantitative estimate of drug-likeness (QED) is 0.852. The van der Waals surface area contributed by atoms with Crippen molar-refractivity contribution in [2.24, 2.45) is 5.41 Å². The molecule has 0 saturated heterocycles. The van der Waals surface area contributed by atoms with E-state index in [0.29, 0.717) is 0 Å². The van der Waals surface area contributed by atoms with E-state index in [1.807, 2.05) is 11.6 Å². The second-order valence-electron chi connectivity index (χ2n) is 7.42.